The number of carbonyl (C=O) groups is 2. The molecule has 0 radical (unpaired) electrons. The first-order valence-electron chi connectivity index (χ1n) is 11.0. The lowest BCUT2D eigenvalue weighted by Crippen LogP contribution is -2.47. The van der Waals surface area contributed by atoms with Gasteiger partial charge < -0.3 is 19.3 Å². The van der Waals surface area contributed by atoms with Gasteiger partial charge in [0, 0.05) is 26.2 Å². The summed E-state index contributed by atoms with van der Waals surface area (Å²) in [6.45, 7) is 6.07. The van der Waals surface area contributed by atoms with E-state index in [0.29, 0.717) is 41.4 Å². The van der Waals surface area contributed by atoms with Crippen molar-refractivity contribution in [3.05, 3.63) is 65.1 Å². The Hall–Kier alpha value is -3.39. The molecule has 0 bridgehead atoms. The molecule has 8 heteroatoms. The highest BCUT2D eigenvalue weighted by molar-refractivity contribution is 6.35. The van der Waals surface area contributed by atoms with Crippen molar-refractivity contribution in [2.24, 2.45) is 0 Å². The molecule has 1 fully saturated rings. The molecule has 2 heterocycles. The third-order valence-corrected chi connectivity index (χ3v) is 6.20. The van der Waals surface area contributed by atoms with E-state index in [1.165, 1.54) is 24.1 Å². The normalized spacial score (nSPS) is 17.2. The van der Waals surface area contributed by atoms with Crippen LogP contribution in [0.5, 0.6) is 11.5 Å². The van der Waals surface area contributed by atoms with Crippen LogP contribution in [0.3, 0.4) is 0 Å². The fourth-order valence-corrected chi connectivity index (χ4v) is 4.33. The van der Waals surface area contributed by atoms with Crippen LogP contribution in [-0.2, 0) is 16.1 Å². The van der Waals surface area contributed by atoms with Crippen LogP contribution in [0.15, 0.2) is 48.2 Å². The third-order valence-electron chi connectivity index (χ3n) is 6.20. The Morgan fingerprint density at radius 2 is 1.55 bits per heavy atom. The first kappa shape index (κ1) is 22.8. The van der Waals surface area contributed by atoms with Crippen molar-refractivity contribution in [3.8, 4) is 11.5 Å². The molecule has 33 heavy (non-hydrogen) atoms. The Bertz CT molecular complexity index is 1080. The summed E-state index contributed by atoms with van der Waals surface area (Å²) in [6.07, 6.45) is 0. The van der Waals surface area contributed by atoms with Gasteiger partial charge in [-0.3, -0.25) is 14.5 Å². The van der Waals surface area contributed by atoms with Crippen molar-refractivity contribution in [1.82, 2.24) is 14.7 Å². The van der Waals surface area contributed by atoms with Crippen LogP contribution >= 0.6 is 0 Å². The van der Waals surface area contributed by atoms with Crippen molar-refractivity contribution < 1.29 is 23.5 Å². The first-order valence-corrected chi connectivity index (χ1v) is 11.0. The number of carbonyl (C=O) groups excluding carboxylic acids is 2. The van der Waals surface area contributed by atoms with Crippen molar-refractivity contribution in [1.29, 1.82) is 0 Å². The predicted molar refractivity (Wildman–Crippen MR) is 122 cm³/mol. The van der Waals surface area contributed by atoms with Crippen LogP contribution in [0, 0.1) is 5.82 Å². The SMILES string of the molecule is CCN1CCN(C2=C(c3ccc(F)cc3)C(=O)N(Cc3ccc(OC)c(OC)c3)C2=O)CC1. The number of hydrogen-bond acceptors (Lipinski definition) is 6. The quantitative estimate of drug-likeness (QED) is 0.601. The molecular weight excluding hydrogens is 425 g/mol. The minimum atomic E-state index is -0.392. The first-order chi connectivity index (χ1) is 16.0. The van der Waals surface area contributed by atoms with Crippen LogP contribution in [0.1, 0.15) is 18.1 Å². The van der Waals surface area contributed by atoms with Crippen LogP contribution in [0.2, 0.25) is 0 Å². The van der Waals surface area contributed by atoms with E-state index >= 15 is 0 Å². The summed E-state index contributed by atoms with van der Waals surface area (Å²) in [5.41, 5.74) is 2.00. The van der Waals surface area contributed by atoms with Crippen molar-refractivity contribution in [2.45, 2.75) is 13.5 Å². The molecule has 4 rings (SSSR count). The molecule has 1 saturated heterocycles. The van der Waals surface area contributed by atoms with Gasteiger partial charge in [0.05, 0.1) is 26.3 Å². The topological polar surface area (TPSA) is 62.3 Å². The zero-order valence-corrected chi connectivity index (χ0v) is 19.1. The maximum Gasteiger partial charge on any atom is 0.278 e. The lowest BCUT2D eigenvalue weighted by molar-refractivity contribution is -0.138. The number of nitrogens with zero attached hydrogens (tertiary/aromatic N) is 3. The monoisotopic (exact) mass is 453 g/mol. The molecule has 0 N–H and O–H groups in total. The van der Waals surface area contributed by atoms with Gasteiger partial charge in [0.15, 0.2) is 11.5 Å². The predicted octanol–water partition coefficient (Wildman–Crippen LogP) is 2.76. The molecule has 2 amide bonds. The number of methoxy groups -OCH3 is 2. The molecule has 2 aliphatic heterocycles. The summed E-state index contributed by atoms with van der Waals surface area (Å²) >= 11 is 0. The molecule has 2 aromatic carbocycles. The van der Waals surface area contributed by atoms with Gasteiger partial charge in [0.1, 0.15) is 11.5 Å². The number of likely N-dealkylation sites (N-methyl/N-ethyl adjacent to an activating group) is 1. The van der Waals surface area contributed by atoms with Crippen molar-refractivity contribution in [3.63, 3.8) is 0 Å². The van der Waals surface area contributed by atoms with Gasteiger partial charge >= 0.3 is 0 Å². The molecular formula is C25H28FN3O4. The Balaban J connectivity index is 1.68. The molecule has 0 unspecified atom stereocenters. The summed E-state index contributed by atoms with van der Waals surface area (Å²) in [5, 5.41) is 0. The number of amides is 2. The van der Waals surface area contributed by atoms with Gasteiger partial charge in [-0.15, -0.1) is 0 Å². The second kappa shape index (κ2) is 9.62. The molecule has 0 aliphatic carbocycles. The summed E-state index contributed by atoms with van der Waals surface area (Å²) < 4.78 is 24.2. The van der Waals surface area contributed by atoms with E-state index in [1.807, 2.05) is 4.90 Å². The standard InChI is InChI=1S/C25H28FN3O4/c1-4-27-11-13-28(14-12-27)23-22(18-6-8-19(26)9-7-18)24(30)29(25(23)31)16-17-5-10-20(32-2)21(15-17)33-3/h5-10,15H,4,11-14,16H2,1-3H3. The molecule has 0 aromatic heterocycles. The maximum atomic E-state index is 13.6. The Morgan fingerprint density at radius 1 is 0.879 bits per heavy atom. The number of ether oxygens (including phenoxy) is 2. The van der Waals surface area contributed by atoms with Gasteiger partial charge in [0.25, 0.3) is 11.8 Å². The van der Waals surface area contributed by atoms with Crippen molar-refractivity contribution >= 4 is 17.4 Å². The van der Waals surface area contributed by atoms with Crippen LogP contribution in [0.4, 0.5) is 4.39 Å². The molecule has 7 nitrogen and oxygen atoms in total. The van der Waals surface area contributed by atoms with E-state index in [1.54, 1.807) is 37.4 Å². The molecule has 0 atom stereocenters. The van der Waals surface area contributed by atoms with Crippen LogP contribution in [-0.4, -0.2) is 73.5 Å². The number of hydrogen-bond donors (Lipinski definition) is 0. The highest BCUT2D eigenvalue weighted by atomic mass is 19.1. The van der Waals surface area contributed by atoms with Gasteiger partial charge in [-0.1, -0.05) is 25.1 Å². The number of imide groups is 1. The summed E-state index contributed by atoms with van der Waals surface area (Å²) in [6, 6.07) is 11.0. The van der Waals surface area contributed by atoms with E-state index in [-0.39, 0.29) is 18.4 Å². The highest BCUT2D eigenvalue weighted by Crippen LogP contribution is 2.34. The van der Waals surface area contributed by atoms with Gasteiger partial charge in [-0.05, 0) is 41.9 Å². The minimum absolute atomic E-state index is 0.0984. The third kappa shape index (κ3) is 4.43. The lowest BCUT2D eigenvalue weighted by atomic mass is 10.0. The Labute approximate surface area is 193 Å². The molecule has 0 spiro atoms. The van der Waals surface area contributed by atoms with Crippen LogP contribution in [0.25, 0.3) is 5.57 Å². The molecule has 2 aromatic rings. The molecule has 174 valence electrons. The lowest BCUT2D eigenvalue weighted by Gasteiger charge is -2.36. The highest BCUT2D eigenvalue weighted by Gasteiger charge is 2.42. The smallest absolute Gasteiger partial charge is 0.278 e. The number of benzene rings is 2. The fraction of sp³-hybridized carbons (Fsp3) is 0.360. The maximum absolute atomic E-state index is 13.6. The zero-order chi connectivity index (χ0) is 23.5. The average molecular weight is 454 g/mol. The fourth-order valence-electron chi connectivity index (χ4n) is 4.33. The van der Waals surface area contributed by atoms with E-state index in [2.05, 4.69) is 11.8 Å². The number of piperazine rings is 1. The second-order valence-corrected chi connectivity index (χ2v) is 8.04. The van der Waals surface area contributed by atoms with E-state index in [0.717, 1.165) is 25.2 Å². The van der Waals surface area contributed by atoms with E-state index < -0.39 is 5.82 Å². The minimum Gasteiger partial charge on any atom is -0.493 e. The number of halogens is 1. The van der Waals surface area contributed by atoms with Gasteiger partial charge in [0.2, 0.25) is 0 Å². The average Bonchev–Trinajstić information content (AvgIpc) is 3.09. The summed E-state index contributed by atoms with van der Waals surface area (Å²) in [5.74, 6) is -0.0125. The molecule has 2 aliphatic rings. The van der Waals surface area contributed by atoms with E-state index in [4.69, 9.17) is 9.47 Å². The van der Waals surface area contributed by atoms with Gasteiger partial charge in [-0.2, -0.15) is 0 Å². The Morgan fingerprint density at radius 3 is 2.15 bits per heavy atom. The van der Waals surface area contributed by atoms with Gasteiger partial charge in [-0.25, -0.2) is 4.39 Å². The second-order valence-electron chi connectivity index (χ2n) is 8.04. The summed E-state index contributed by atoms with van der Waals surface area (Å²) in [4.78, 5) is 32.6. The Kier molecular flexibility index (Phi) is 6.65. The summed E-state index contributed by atoms with van der Waals surface area (Å²) in [7, 11) is 3.09. The largest absolute Gasteiger partial charge is 0.493 e. The zero-order valence-electron chi connectivity index (χ0n) is 19.1. The molecule has 0 saturated carbocycles. The van der Waals surface area contributed by atoms with Crippen LogP contribution < -0.4 is 9.47 Å². The van der Waals surface area contributed by atoms with Crippen molar-refractivity contribution in [2.75, 3.05) is 46.9 Å². The number of rotatable bonds is 7. The van der Waals surface area contributed by atoms with E-state index in [9.17, 15) is 14.0 Å².